The zero-order valence-corrected chi connectivity index (χ0v) is 17.8. The Morgan fingerprint density at radius 1 is 1.19 bits per heavy atom. The molecule has 1 fully saturated rings. The molecule has 1 aliphatic carbocycles. The Bertz CT molecular complexity index is 536. The maximum Gasteiger partial charge on any atom is 0.220 e. The third-order valence-electron chi connectivity index (χ3n) is 3.74. The van der Waals surface area contributed by atoms with E-state index >= 15 is 0 Å². The van der Waals surface area contributed by atoms with Crippen LogP contribution in [0.5, 0.6) is 5.75 Å². The van der Waals surface area contributed by atoms with Crippen molar-refractivity contribution in [2.24, 2.45) is 4.99 Å². The fourth-order valence-corrected chi connectivity index (χ4v) is 2.29. The molecular formula is C19H31IN4O2. The van der Waals surface area contributed by atoms with E-state index in [1.807, 2.05) is 37.3 Å². The number of rotatable bonds is 11. The summed E-state index contributed by atoms with van der Waals surface area (Å²) in [6.07, 6.45) is 4.49. The van der Waals surface area contributed by atoms with Gasteiger partial charge in [0.25, 0.3) is 0 Å². The summed E-state index contributed by atoms with van der Waals surface area (Å²) in [7, 11) is 0. The monoisotopic (exact) mass is 474 g/mol. The number of carbonyl (C=O) groups excluding carboxylic acids is 1. The Morgan fingerprint density at radius 2 is 1.96 bits per heavy atom. The normalized spacial score (nSPS) is 13.5. The SMILES string of the molecule is CCNC(=NCCCOc1ccccc1)NCCCC(=O)NC1CC1.I. The maximum atomic E-state index is 11.6. The predicted molar refractivity (Wildman–Crippen MR) is 116 cm³/mol. The van der Waals surface area contributed by atoms with E-state index in [9.17, 15) is 4.79 Å². The number of nitrogens with zero attached hydrogens (tertiary/aromatic N) is 1. The van der Waals surface area contributed by atoms with Gasteiger partial charge < -0.3 is 20.7 Å². The summed E-state index contributed by atoms with van der Waals surface area (Å²) in [6, 6.07) is 10.2. The molecule has 146 valence electrons. The second kappa shape index (κ2) is 13.7. The summed E-state index contributed by atoms with van der Waals surface area (Å²) in [6.45, 7) is 4.94. The molecule has 0 heterocycles. The molecule has 0 atom stereocenters. The first kappa shape index (κ1) is 22.5. The summed E-state index contributed by atoms with van der Waals surface area (Å²) in [5.74, 6) is 1.84. The van der Waals surface area contributed by atoms with Crippen LogP contribution in [0.15, 0.2) is 35.3 Å². The average Bonchev–Trinajstić information content (AvgIpc) is 3.43. The minimum absolute atomic E-state index is 0. The van der Waals surface area contributed by atoms with Crippen LogP contribution in [0.25, 0.3) is 0 Å². The van der Waals surface area contributed by atoms with Gasteiger partial charge in [-0.05, 0) is 38.3 Å². The number of halogens is 1. The Labute approximate surface area is 173 Å². The molecule has 1 aromatic carbocycles. The van der Waals surface area contributed by atoms with Gasteiger partial charge in [-0.25, -0.2) is 0 Å². The van der Waals surface area contributed by atoms with Crippen molar-refractivity contribution in [1.29, 1.82) is 0 Å². The van der Waals surface area contributed by atoms with Crippen molar-refractivity contribution in [1.82, 2.24) is 16.0 Å². The zero-order chi connectivity index (χ0) is 17.7. The van der Waals surface area contributed by atoms with Crippen molar-refractivity contribution in [2.75, 3.05) is 26.2 Å². The molecular weight excluding hydrogens is 443 g/mol. The number of para-hydroxylation sites is 1. The molecule has 0 saturated heterocycles. The molecule has 1 amide bonds. The molecule has 7 heteroatoms. The fourth-order valence-electron chi connectivity index (χ4n) is 2.29. The van der Waals surface area contributed by atoms with Crippen molar-refractivity contribution in [3.05, 3.63) is 30.3 Å². The first-order chi connectivity index (χ1) is 12.3. The van der Waals surface area contributed by atoms with Crippen LogP contribution in [0.1, 0.15) is 39.0 Å². The van der Waals surface area contributed by atoms with Crippen LogP contribution in [0.2, 0.25) is 0 Å². The highest BCUT2D eigenvalue weighted by Crippen LogP contribution is 2.18. The van der Waals surface area contributed by atoms with Crippen molar-refractivity contribution in [3.8, 4) is 5.75 Å². The van der Waals surface area contributed by atoms with Crippen molar-refractivity contribution < 1.29 is 9.53 Å². The van der Waals surface area contributed by atoms with Gasteiger partial charge in [0.1, 0.15) is 5.75 Å². The van der Waals surface area contributed by atoms with E-state index in [1.54, 1.807) is 0 Å². The van der Waals surface area contributed by atoms with E-state index in [1.165, 1.54) is 0 Å². The number of ether oxygens (including phenoxy) is 1. The smallest absolute Gasteiger partial charge is 0.220 e. The second-order valence-corrected chi connectivity index (χ2v) is 6.15. The number of amides is 1. The van der Waals surface area contributed by atoms with Gasteiger partial charge in [-0.15, -0.1) is 24.0 Å². The number of hydrogen-bond acceptors (Lipinski definition) is 3. The quantitative estimate of drug-likeness (QED) is 0.200. The van der Waals surface area contributed by atoms with Crippen LogP contribution in [0, 0.1) is 0 Å². The van der Waals surface area contributed by atoms with Gasteiger partial charge in [0.15, 0.2) is 5.96 Å². The lowest BCUT2D eigenvalue weighted by Gasteiger charge is -2.11. The van der Waals surface area contributed by atoms with Gasteiger partial charge in [-0.3, -0.25) is 9.79 Å². The van der Waals surface area contributed by atoms with E-state index in [0.29, 0.717) is 25.6 Å². The van der Waals surface area contributed by atoms with Crippen molar-refractivity contribution >= 4 is 35.8 Å². The molecule has 0 radical (unpaired) electrons. The number of aliphatic imine (C=N–C) groups is 1. The van der Waals surface area contributed by atoms with Gasteiger partial charge in [0.2, 0.25) is 5.91 Å². The summed E-state index contributed by atoms with van der Waals surface area (Å²) < 4.78 is 5.65. The number of carbonyl (C=O) groups is 1. The number of guanidine groups is 1. The predicted octanol–water partition coefficient (Wildman–Crippen LogP) is 2.69. The molecule has 0 aromatic heterocycles. The topological polar surface area (TPSA) is 74.8 Å². The van der Waals surface area contributed by atoms with Gasteiger partial charge in [-0.1, -0.05) is 18.2 Å². The van der Waals surface area contributed by atoms with Crippen molar-refractivity contribution in [2.45, 2.75) is 45.1 Å². The minimum Gasteiger partial charge on any atom is -0.494 e. The Morgan fingerprint density at radius 3 is 2.65 bits per heavy atom. The highest BCUT2D eigenvalue weighted by atomic mass is 127. The molecule has 0 bridgehead atoms. The zero-order valence-electron chi connectivity index (χ0n) is 15.5. The Balaban J connectivity index is 0.00000338. The highest BCUT2D eigenvalue weighted by molar-refractivity contribution is 14.0. The summed E-state index contributed by atoms with van der Waals surface area (Å²) >= 11 is 0. The van der Waals surface area contributed by atoms with E-state index in [-0.39, 0.29) is 29.9 Å². The van der Waals surface area contributed by atoms with E-state index in [2.05, 4.69) is 20.9 Å². The Kier molecular flexibility index (Phi) is 11.8. The van der Waals surface area contributed by atoms with Gasteiger partial charge in [-0.2, -0.15) is 0 Å². The largest absolute Gasteiger partial charge is 0.494 e. The first-order valence-electron chi connectivity index (χ1n) is 9.27. The molecule has 6 nitrogen and oxygen atoms in total. The first-order valence-corrected chi connectivity index (χ1v) is 9.27. The number of nitrogens with one attached hydrogen (secondary N) is 3. The van der Waals surface area contributed by atoms with E-state index in [4.69, 9.17) is 4.74 Å². The van der Waals surface area contributed by atoms with Crippen LogP contribution in [-0.4, -0.2) is 44.1 Å². The molecule has 1 saturated carbocycles. The van der Waals surface area contributed by atoms with Gasteiger partial charge >= 0.3 is 0 Å². The van der Waals surface area contributed by atoms with Crippen molar-refractivity contribution in [3.63, 3.8) is 0 Å². The molecule has 0 aliphatic heterocycles. The van der Waals surface area contributed by atoms with Gasteiger partial charge in [0.05, 0.1) is 6.61 Å². The lowest BCUT2D eigenvalue weighted by atomic mass is 10.3. The average molecular weight is 474 g/mol. The number of benzene rings is 1. The molecule has 26 heavy (non-hydrogen) atoms. The highest BCUT2D eigenvalue weighted by Gasteiger charge is 2.22. The van der Waals surface area contributed by atoms with Crippen LogP contribution in [0.3, 0.4) is 0 Å². The molecule has 3 N–H and O–H groups in total. The standard InChI is InChI=1S/C19H30N4O2.HI/c1-2-20-19(21-13-6-10-18(24)23-16-11-12-16)22-14-7-15-25-17-8-4-3-5-9-17;/h3-5,8-9,16H,2,6-7,10-15H2,1H3,(H,23,24)(H2,20,21,22);1H. The van der Waals surface area contributed by atoms with Crippen LogP contribution in [-0.2, 0) is 4.79 Å². The summed E-state index contributed by atoms with van der Waals surface area (Å²) in [5.41, 5.74) is 0. The Hall–Kier alpha value is -1.51. The summed E-state index contributed by atoms with van der Waals surface area (Å²) in [4.78, 5) is 16.2. The molecule has 0 unspecified atom stereocenters. The lowest BCUT2D eigenvalue weighted by molar-refractivity contribution is -0.121. The minimum atomic E-state index is 0. The third kappa shape index (κ3) is 10.5. The summed E-state index contributed by atoms with van der Waals surface area (Å²) in [5, 5.41) is 9.49. The van der Waals surface area contributed by atoms with Crippen LogP contribution < -0.4 is 20.7 Å². The van der Waals surface area contributed by atoms with Crippen LogP contribution >= 0.6 is 24.0 Å². The number of hydrogen-bond donors (Lipinski definition) is 3. The van der Waals surface area contributed by atoms with E-state index in [0.717, 1.165) is 50.5 Å². The third-order valence-corrected chi connectivity index (χ3v) is 3.74. The second-order valence-electron chi connectivity index (χ2n) is 6.15. The molecule has 1 aromatic rings. The molecule has 1 aliphatic rings. The van der Waals surface area contributed by atoms with Gasteiger partial charge in [0, 0.05) is 38.5 Å². The maximum absolute atomic E-state index is 11.6. The molecule has 0 spiro atoms. The van der Waals surface area contributed by atoms with Crippen LogP contribution in [0.4, 0.5) is 0 Å². The lowest BCUT2D eigenvalue weighted by Crippen LogP contribution is -2.38. The molecule has 2 rings (SSSR count). The van der Waals surface area contributed by atoms with E-state index < -0.39 is 0 Å². The fraction of sp³-hybridized carbons (Fsp3) is 0.579.